The Bertz CT molecular complexity index is 823. The fourth-order valence-corrected chi connectivity index (χ4v) is 3.90. The molecule has 1 heterocycles. The van der Waals surface area contributed by atoms with Gasteiger partial charge in [-0.2, -0.15) is 0 Å². The van der Waals surface area contributed by atoms with Gasteiger partial charge in [-0.15, -0.1) is 0 Å². The van der Waals surface area contributed by atoms with Crippen molar-refractivity contribution in [1.29, 1.82) is 0 Å². The lowest BCUT2D eigenvalue weighted by atomic mass is 9.83. The molecule has 1 aliphatic heterocycles. The Morgan fingerprint density at radius 2 is 1.38 bits per heavy atom. The third kappa shape index (κ3) is 4.27. The van der Waals surface area contributed by atoms with E-state index in [2.05, 4.69) is 0 Å². The Morgan fingerprint density at radius 1 is 0.862 bits per heavy atom. The zero-order chi connectivity index (χ0) is 21.0. The van der Waals surface area contributed by atoms with Crippen LogP contribution in [0.2, 0.25) is 0 Å². The van der Waals surface area contributed by atoms with E-state index in [1.165, 1.54) is 14.2 Å². The maximum Gasteiger partial charge on any atom is 0.160 e. The number of phenols is 2. The molecule has 7 nitrogen and oxygen atoms in total. The van der Waals surface area contributed by atoms with Crippen LogP contribution in [0.5, 0.6) is 23.0 Å². The van der Waals surface area contributed by atoms with Crippen LogP contribution in [0.25, 0.3) is 0 Å². The highest BCUT2D eigenvalue weighted by Gasteiger charge is 2.45. The zero-order valence-electron chi connectivity index (χ0n) is 16.9. The van der Waals surface area contributed by atoms with Crippen LogP contribution in [-0.4, -0.2) is 49.4 Å². The minimum atomic E-state index is -0.412. The number of benzene rings is 2. The molecule has 29 heavy (non-hydrogen) atoms. The van der Waals surface area contributed by atoms with E-state index in [9.17, 15) is 15.3 Å². The first-order chi connectivity index (χ1) is 14.0. The molecule has 7 heteroatoms. The number of hydrogen-bond acceptors (Lipinski definition) is 7. The highest BCUT2D eigenvalue weighted by Crippen LogP contribution is 2.51. The molecule has 2 aromatic carbocycles. The summed E-state index contributed by atoms with van der Waals surface area (Å²) in [5.74, 6) is 0.463. The number of hydrogen-bond donors (Lipinski definition) is 3. The third-order valence-corrected chi connectivity index (χ3v) is 5.41. The first-order valence-corrected chi connectivity index (χ1v) is 9.61. The summed E-state index contributed by atoms with van der Waals surface area (Å²) in [6.45, 7) is 2.81. The molecule has 1 saturated heterocycles. The minimum absolute atomic E-state index is 0.0421. The highest BCUT2D eigenvalue weighted by molar-refractivity contribution is 5.44. The molecule has 0 aromatic heterocycles. The first-order valence-electron chi connectivity index (χ1n) is 9.61. The number of aliphatic hydroxyl groups is 1. The Balaban J connectivity index is 1.99. The number of aromatic hydroxyl groups is 2. The van der Waals surface area contributed by atoms with Crippen LogP contribution < -0.4 is 9.47 Å². The summed E-state index contributed by atoms with van der Waals surface area (Å²) >= 11 is 0. The van der Waals surface area contributed by atoms with Gasteiger partial charge in [0.05, 0.1) is 33.0 Å². The predicted molar refractivity (Wildman–Crippen MR) is 106 cm³/mol. The van der Waals surface area contributed by atoms with Gasteiger partial charge >= 0.3 is 0 Å². The van der Waals surface area contributed by atoms with Gasteiger partial charge < -0.3 is 34.3 Å². The number of aliphatic hydroxyl groups excluding tert-OH is 1. The lowest BCUT2D eigenvalue weighted by molar-refractivity contribution is 0.0129. The first kappa shape index (κ1) is 21.2. The monoisotopic (exact) mass is 404 g/mol. The van der Waals surface area contributed by atoms with Crippen LogP contribution in [0.3, 0.4) is 0 Å². The second kappa shape index (κ2) is 9.35. The SMILES string of the molecule is CCOCC1C(c2ccc(O)c(OC)c2)OC(c2ccc(O)c(OC)c2)C1CO. The van der Waals surface area contributed by atoms with E-state index in [0.29, 0.717) is 24.7 Å². The van der Waals surface area contributed by atoms with Crippen LogP contribution in [0.15, 0.2) is 36.4 Å². The molecule has 1 fully saturated rings. The van der Waals surface area contributed by atoms with E-state index in [0.717, 1.165) is 11.1 Å². The van der Waals surface area contributed by atoms with E-state index in [-0.39, 0.29) is 36.0 Å². The Kier molecular flexibility index (Phi) is 6.84. The summed E-state index contributed by atoms with van der Waals surface area (Å²) < 4.78 is 22.6. The summed E-state index contributed by atoms with van der Waals surface area (Å²) in [7, 11) is 2.98. The summed E-state index contributed by atoms with van der Waals surface area (Å²) in [5.41, 5.74) is 1.63. The molecular weight excluding hydrogens is 376 g/mol. The van der Waals surface area contributed by atoms with Crippen molar-refractivity contribution in [1.82, 2.24) is 0 Å². The molecule has 0 radical (unpaired) electrons. The molecule has 4 atom stereocenters. The van der Waals surface area contributed by atoms with E-state index in [1.807, 2.05) is 6.92 Å². The van der Waals surface area contributed by atoms with Gasteiger partial charge in [-0.05, 0) is 42.3 Å². The largest absolute Gasteiger partial charge is 0.504 e. The fraction of sp³-hybridized carbons (Fsp3) is 0.455. The van der Waals surface area contributed by atoms with Gasteiger partial charge in [-0.1, -0.05) is 12.1 Å². The molecule has 1 aliphatic rings. The summed E-state index contributed by atoms with van der Waals surface area (Å²) in [6, 6.07) is 10.1. The van der Waals surface area contributed by atoms with Gasteiger partial charge in [0.25, 0.3) is 0 Å². The standard InChI is InChI=1S/C22H28O7/c1-4-28-12-16-15(11-23)21(13-5-7-17(24)19(9-13)26-2)29-22(16)14-6-8-18(25)20(10-14)27-3/h5-10,15-16,21-25H,4,11-12H2,1-3H3. The van der Waals surface area contributed by atoms with Crippen molar-refractivity contribution in [3.05, 3.63) is 47.5 Å². The van der Waals surface area contributed by atoms with Crippen LogP contribution in [0.4, 0.5) is 0 Å². The molecule has 4 unspecified atom stereocenters. The van der Waals surface area contributed by atoms with Gasteiger partial charge in [0.1, 0.15) is 0 Å². The quantitative estimate of drug-likeness (QED) is 0.622. The Hall–Kier alpha value is -2.48. The summed E-state index contributed by atoms with van der Waals surface area (Å²) in [6.07, 6.45) is -0.775. The molecule has 3 rings (SSSR count). The van der Waals surface area contributed by atoms with Crippen LogP contribution in [0.1, 0.15) is 30.3 Å². The maximum atomic E-state index is 10.2. The molecule has 0 bridgehead atoms. The van der Waals surface area contributed by atoms with Gasteiger partial charge in [0.15, 0.2) is 23.0 Å². The topological polar surface area (TPSA) is 97.6 Å². The van der Waals surface area contributed by atoms with Gasteiger partial charge in [0.2, 0.25) is 0 Å². The molecule has 0 spiro atoms. The average Bonchev–Trinajstić information content (AvgIpc) is 3.11. The van der Waals surface area contributed by atoms with Crippen molar-refractivity contribution >= 4 is 0 Å². The molecule has 0 amide bonds. The fourth-order valence-electron chi connectivity index (χ4n) is 3.90. The van der Waals surface area contributed by atoms with Crippen molar-refractivity contribution in [3.8, 4) is 23.0 Å². The lowest BCUT2D eigenvalue weighted by Gasteiger charge is -2.23. The molecule has 2 aromatic rings. The van der Waals surface area contributed by atoms with Crippen molar-refractivity contribution in [2.75, 3.05) is 34.0 Å². The summed E-state index contributed by atoms with van der Waals surface area (Å²) in [4.78, 5) is 0. The number of rotatable bonds is 8. The third-order valence-electron chi connectivity index (χ3n) is 5.41. The minimum Gasteiger partial charge on any atom is -0.504 e. The molecular formula is C22H28O7. The van der Waals surface area contributed by atoms with Crippen molar-refractivity contribution in [2.24, 2.45) is 11.8 Å². The smallest absolute Gasteiger partial charge is 0.160 e. The van der Waals surface area contributed by atoms with Gasteiger partial charge in [-0.25, -0.2) is 0 Å². The Morgan fingerprint density at radius 3 is 1.83 bits per heavy atom. The lowest BCUT2D eigenvalue weighted by Crippen LogP contribution is -2.24. The number of methoxy groups -OCH3 is 2. The molecule has 0 saturated carbocycles. The van der Waals surface area contributed by atoms with Crippen LogP contribution >= 0.6 is 0 Å². The summed E-state index contributed by atoms with van der Waals surface area (Å²) in [5, 5.41) is 30.0. The van der Waals surface area contributed by atoms with Crippen molar-refractivity contribution in [3.63, 3.8) is 0 Å². The predicted octanol–water partition coefficient (Wildman–Crippen LogP) is 3.19. The molecule has 158 valence electrons. The Labute approximate surface area is 170 Å². The van der Waals surface area contributed by atoms with Crippen LogP contribution in [-0.2, 0) is 9.47 Å². The van der Waals surface area contributed by atoms with Gasteiger partial charge in [0, 0.05) is 25.0 Å². The zero-order valence-corrected chi connectivity index (χ0v) is 16.9. The maximum absolute atomic E-state index is 10.2. The van der Waals surface area contributed by atoms with E-state index in [1.54, 1.807) is 36.4 Å². The molecule has 0 aliphatic carbocycles. The van der Waals surface area contributed by atoms with Crippen molar-refractivity contribution < 1.29 is 34.3 Å². The second-order valence-corrected chi connectivity index (χ2v) is 7.01. The van der Waals surface area contributed by atoms with E-state index >= 15 is 0 Å². The second-order valence-electron chi connectivity index (χ2n) is 7.01. The van der Waals surface area contributed by atoms with Crippen LogP contribution in [0, 0.1) is 11.8 Å². The van der Waals surface area contributed by atoms with Crippen molar-refractivity contribution in [2.45, 2.75) is 19.1 Å². The van der Waals surface area contributed by atoms with E-state index < -0.39 is 6.10 Å². The molecule has 3 N–H and O–H groups in total. The van der Waals surface area contributed by atoms with E-state index in [4.69, 9.17) is 18.9 Å². The normalized spacial score (nSPS) is 23.9. The highest BCUT2D eigenvalue weighted by atomic mass is 16.5. The average molecular weight is 404 g/mol. The number of ether oxygens (including phenoxy) is 4. The number of phenolic OH excluding ortho intramolecular Hbond substituents is 2. The van der Waals surface area contributed by atoms with Gasteiger partial charge in [-0.3, -0.25) is 0 Å².